The van der Waals surface area contributed by atoms with E-state index in [1.807, 2.05) is 0 Å². The van der Waals surface area contributed by atoms with Gasteiger partial charge in [-0.25, -0.2) is 0 Å². The second-order valence-corrected chi connectivity index (χ2v) is 6.41. The Hall–Kier alpha value is -1.75. The summed E-state index contributed by atoms with van der Waals surface area (Å²) < 4.78 is 0. The van der Waals surface area contributed by atoms with Gasteiger partial charge < -0.3 is 15.3 Å². The minimum atomic E-state index is -0.0895. The van der Waals surface area contributed by atoms with E-state index in [1.165, 1.54) is 12.1 Å². The Morgan fingerprint density at radius 1 is 1.36 bits per heavy atom. The molecule has 22 heavy (non-hydrogen) atoms. The van der Waals surface area contributed by atoms with Gasteiger partial charge in [-0.05, 0) is 30.5 Å². The van der Waals surface area contributed by atoms with Crippen LogP contribution in [0.15, 0.2) is 18.2 Å². The highest BCUT2D eigenvalue weighted by molar-refractivity contribution is 6.31. The number of carbonyl (C=O) groups excluding carboxylic acids is 2. The standard InChI is InChI=1S/C16H19ClN2O3/c17-12-8-11(20)6-5-10(12)7-16(22)19-9-15(21)18-13-3-1-2-4-14(13)19/h5-6,8,13-14,20H,1-4,7,9H2,(H,18,21). The molecule has 118 valence electrons. The second kappa shape index (κ2) is 6.16. The van der Waals surface area contributed by atoms with Gasteiger partial charge in [0.1, 0.15) is 5.75 Å². The SMILES string of the molecule is O=C1CN(C(=O)Cc2ccc(O)cc2Cl)C2CCCCC2N1. The zero-order valence-corrected chi connectivity index (χ0v) is 13.0. The van der Waals surface area contributed by atoms with Crippen LogP contribution in [0.4, 0.5) is 0 Å². The van der Waals surface area contributed by atoms with Crippen molar-refractivity contribution in [3.8, 4) is 5.75 Å². The van der Waals surface area contributed by atoms with E-state index in [1.54, 1.807) is 11.0 Å². The third-order valence-electron chi connectivity index (χ3n) is 4.49. The second-order valence-electron chi connectivity index (χ2n) is 6.00. The summed E-state index contributed by atoms with van der Waals surface area (Å²) >= 11 is 6.07. The first kappa shape index (κ1) is 15.2. The lowest BCUT2D eigenvalue weighted by Gasteiger charge is -2.44. The molecule has 2 unspecified atom stereocenters. The number of rotatable bonds is 2. The molecule has 1 heterocycles. The molecule has 0 spiro atoms. The van der Waals surface area contributed by atoms with Crippen LogP contribution in [-0.2, 0) is 16.0 Å². The Balaban J connectivity index is 1.76. The van der Waals surface area contributed by atoms with Gasteiger partial charge in [0.15, 0.2) is 0 Å². The molecule has 0 bridgehead atoms. The molecule has 1 saturated heterocycles. The van der Waals surface area contributed by atoms with Crippen molar-refractivity contribution in [3.63, 3.8) is 0 Å². The molecule has 6 heteroatoms. The van der Waals surface area contributed by atoms with Crippen LogP contribution in [0.2, 0.25) is 5.02 Å². The molecule has 1 aromatic carbocycles. The number of amides is 2. The summed E-state index contributed by atoms with van der Waals surface area (Å²) in [5.74, 6) is -0.0986. The van der Waals surface area contributed by atoms with E-state index >= 15 is 0 Å². The molecule has 2 amide bonds. The maximum atomic E-state index is 12.6. The molecule has 2 aliphatic rings. The number of carbonyl (C=O) groups is 2. The van der Waals surface area contributed by atoms with Gasteiger partial charge in [-0.1, -0.05) is 30.5 Å². The van der Waals surface area contributed by atoms with Crippen molar-refractivity contribution in [2.24, 2.45) is 0 Å². The molecule has 0 aromatic heterocycles. The number of phenols is 1. The number of aromatic hydroxyl groups is 1. The van der Waals surface area contributed by atoms with Crippen LogP contribution in [0, 0.1) is 0 Å². The molecule has 1 aliphatic heterocycles. The average Bonchev–Trinajstić information content (AvgIpc) is 2.49. The van der Waals surface area contributed by atoms with Crippen LogP contribution in [-0.4, -0.2) is 40.4 Å². The number of nitrogens with one attached hydrogen (secondary N) is 1. The fourth-order valence-electron chi connectivity index (χ4n) is 3.39. The van der Waals surface area contributed by atoms with Gasteiger partial charge in [0.05, 0.1) is 19.0 Å². The summed E-state index contributed by atoms with van der Waals surface area (Å²) in [6, 6.07) is 4.76. The quantitative estimate of drug-likeness (QED) is 0.873. The minimum Gasteiger partial charge on any atom is -0.508 e. The van der Waals surface area contributed by atoms with Crippen LogP contribution in [0.3, 0.4) is 0 Å². The summed E-state index contributed by atoms with van der Waals surface area (Å²) in [5, 5.41) is 12.7. The monoisotopic (exact) mass is 322 g/mol. The van der Waals surface area contributed by atoms with Gasteiger partial charge in [-0.2, -0.15) is 0 Å². The molecule has 1 saturated carbocycles. The maximum absolute atomic E-state index is 12.6. The summed E-state index contributed by atoms with van der Waals surface area (Å²) in [6.45, 7) is 0.121. The van der Waals surface area contributed by atoms with Crippen LogP contribution in [0.5, 0.6) is 5.75 Å². The van der Waals surface area contributed by atoms with E-state index in [-0.39, 0.29) is 42.6 Å². The molecule has 1 aliphatic carbocycles. The summed E-state index contributed by atoms with van der Waals surface area (Å²) in [6.07, 6.45) is 4.18. The smallest absolute Gasteiger partial charge is 0.239 e. The number of hydrogen-bond acceptors (Lipinski definition) is 3. The van der Waals surface area contributed by atoms with Crippen molar-refractivity contribution in [1.29, 1.82) is 0 Å². The predicted octanol–water partition coefficient (Wildman–Crippen LogP) is 1.86. The lowest BCUT2D eigenvalue weighted by Crippen LogP contribution is -2.63. The Bertz CT molecular complexity index is 605. The Morgan fingerprint density at radius 2 is 2.14 bits per heavy atom. The Morgan fingerprint density at radius 3 is 2.91 bits per heavy atom. The lowest BCUT2D eigenvalue weighted by molar-refractivity contribution is -0.143. The zero-order chi connectivity index (χ0) is 15.7. The molecular formula is C16H19ClN2O3. The zero-order valence-electron chi connectivity index (χ0n) is 12.2. The molecule has 2 atom stereocenters. The minimum absolute atomic E-state index is 0.0749. The fourth-order valence-corrected chi connectivity index (χ4v) is 3.64. The van der Waals surface area contributed by atoms with Crippen molar-refractivity contribution in [1.82, 2.24) is 10.2 Å². The fraction of sp³-hybridized carbons (Fsp3) is 0.500. The molecule has 5 nitrogen and oxygen atoms in total. The first-order valence-corrected chi connectivity index (χ1v) is 7.98. The number of phenolic OH excluding ortho intramolecular Hbond substituents is 1. The van der Waals surface area contributed by atoms with E-state index in [9.17, 15) is 14.7 Å². The van der Waals surface area contributed by atoms with Crippen molar-refractivity contribution >= 4 is 23.4 Å². The third kappa shape index (κ3) is 3.04. The molecule has 1 aromatic rings. The van der Waals surface area contributed by atoms with Crippen LogP contribution < -0.4 is 5.32 Å². The molecule has 2 fully saturated rings. The van der Waals surface area contributed by atoms with Crippen molar-refractivity contribution < 1.29 is 14.7 Å². The number of halogens is 1. The topological polar surface area (TPSA) is 69.6 Å². The molecule has 0 radical (unpaired) electrons. The van der Waals surface area contributed by atoms with Gasteiger partial charge in [-0.15, -0.1) is 0 Å². The highest BCUT2D eigenvalue weighted by Crippen LogP contribution is 2.27. The number of fused-ring (bicyclic) bond motifs is 1. The van der Waals surface area contributed by atoms with E-state index in [4.69, 9.17) is 11.6 Å². The Kier molecular flexibility index (Phi) is 4.25. The van der Waals surface area contributed by atoms with Gasteiger partial charge >= 0.3 is 0 Å². The van der Waals surface area contributed by atoms with Gasteiger partial charge in [-0.3, -0.25) is 9.59 Å². The number of benzene rings is 1. The normalized spacial score (nSPS) is 24.6. The van der Waals surface area contributed by atoms with Crippen LogP contribution >= 0.6 is 11.6 Å². The van der Waals surface area contributed by atoms with E-state index in [0.717, 1.165) is 25.7 Å². The first-order chi connectivity index (χ1) is 10.5. The highest BCUT2D eigenvalue weighted by Gasteiger charge is 2.38. The van der Waals surface area contributed by atoms with Gasteiger partial charge in [0, 0.05) is 11.1 Å². The predicted molar refractivity (Wildman–Crippen MR) is 82.7 cm³/mol. The molecule has 3 rings (SSSR count). The molecular weight excluding hydrogens is 304 g/mol. The lowest BCUT2D eigenvalue weighted by atomic mass is 9.87. The Labute approximate surface area is 134 Å². The van der Waals surface area contributed by atoms with Crippen LogP contribution in [0.25, 0.3) is 0 Å². The largest absolute Gasteiger partial charge is 0.508 e. The first-order valence-electron chi connectivity index (χ1n) is 7.61. The van der Waals surface area contributed by atoms with Crippen molar-refractivity contribution in [2.75, 3.05) is 6.54 Å². The molecule has 2 N–H and O–H groups in total. The number of nitrogens with zero attached hydrogens (tertiary/aromatic N) is 1. The summed E-state index contributed by atoms with van der Waals surface area (Å²) in [5.41, 5.74) is 0.669. The van der Waals surface area contributed by atoms with Gasteiger partial charge in [0.25, 0.3) is 0 Å². The summed E-state index contributed by atoms with van der Waals surface area (Å²) in [7, 11) is 0. The third-order valence-corrected chi connectivity index (χ3v) is 4.84. The maximum Gasteiger partial charge on any atom is 0.239 e. The van der Waals surface area contributed by atoms with Crippen molar-refractivity contribution in [3.05, 3.63) is 28.8 Å². The number of hydrogen-bond donors (Lipinski definition) is 2. The van der Waals surface area contributed by atoms with E-state index in [2.05, 4.69) is 5.32 Å². The van der Waals surface area contributed by atoms with E-state index < -0.39 is 0 Å². The van der Waals surface area contributed by atoms with Gasteiger partial charge in [0.2, 0.25) is 11.8 Å². The number of piperazine rings is 1. The highest BCUT2D eigenvalue weighted by atomic mass is 35.5. The average molecular weight is 323 g/mol. The van der Waals surface area contributed by atoms with E-state index in [0.29, 0.717) is 10.6 Å². The van der Waals surface area contributed by atoms with Crippen LogP contribution in [0.1, 0.15) is 31.2 Å². The summed E-state index contributed by atoms with van der Waals surface area (Å²) in [4.78, 5) is 26.2. The van der Waals surface area contributed by atoms with Crippen molar-refractivity contribution in [2.45, 2.75) is 44.2 Å².